The van der Waals surface area contributed by atoms with Crippen molar-refractivity contribution in [2.75, 3.05) is 13.1 Å². The molecule has 0 atom stereocenters. The van der Waals surface area contributed by atoms with Crippen LogP contribution in [0.3, 0.4) is 0 Å². The molecular weight excluding hydrogens is 214 g/mol. The first-order chi connectivity index (χ1) is 7.15. The number of rotatable bonds is 3. The van der Waals surface area contributed by atoms with Gasteiger partial charge in [-0.15, -0.1) is 11.3 Å². The van der Waals surface area contributed by atoms with E-state index in [4.69, 9.17) is 0 Å². The highest BCUT2D eigenvalue weighted by molar-refractivity contribution is 7.09. The molecule has 5 nitrogen and oxygen atoms in total. The number of hydrogen-bond acceptors (Lipinski definition) is 4. The van der Waals surface area contributed by atoms with Gasteiger partial charge in [0, 0.05) is 18.3 Å². The molecule has 0 bridgehead atoms. The smallest absolute Gasteiger partial charge is 0.315 e. The number of carbonyl (C=O) groups excluding carboxylic acids is 2. The minimum Gasteiger partial charge on any atom is -0.315 e. The minimum atomic E-state index is -0.299. The molecule has 3 amide bonds. The number of nitrogens with zero attached hydrogens (tertiary/aromatic N) is 2. The third-order valence-corrected chi connectivity index (χ3v) is 2.99. The van der Waals surface area contributed by atoms with E-state index in [1.807, 2.05) is 12.3 Å². The van der Waals surface area contributed by atoms with Crippen LogP contribution in [0.2, 0.25) is 0 Å². The van der Waals surface area contributed by atoms with Gasteiger partial charge in [-0.2, -0.15) is 0 Å². The predicted molar refractivity (Wildman–Crippen MR) is 55.7 cm³/mol. The standard InChI is InChI=1S/C9H11N3O2S/c1-6-10-7(5-15-6)2-3-12-4-8(13)11-9(12)14/h5H,2-4H2,1H3,(H,11,13,14). The van der Waals surface area contributed by atoms with Crippen LogP contribution in [0, 0.1) is 6.92 Å². The molecule has 1 fully saturated rings. The molecule has 2 rings (SSSR count). The van der Waals surface area contributed by atoms with Gasteiger partial charge in [0.05, 0.1) is 10.7 Å². The van der Waals surface area contributed by atoms with Crippen molar-refractivity contribution in [3.63, 3.8) is 0 Å². The molecule has 1 aromatic rings. The number of aryl methyl sites for hydroxylation is 1. The monoisotopic (exact) mass is 225 g/mol. The van der Waals surface area contributed by atoms with Gasteiger partial charge in [0.25, 0.3) is 0 Å². The average Bonchev–Trinajstić information content (AvgIpc) is 2.70. The zero-order valence-corrected chi connectivity index (χ0v) is 9.13. The molecule has 2 heterocycles. The molecule has 1 aliphatic rings. The fourth-order valence-corrected chi connectivity index (χ4v) is 2.08. The highest BCUT2D eigenvalue weighted by atomic mass is 32.1. The number of aromatic nitrogens is 1. The SMILES string of the molecule is Cc1nc(CCN2CC(=O)NC2=O)cs1. The van der Waals surface area contributed by atoms with Crippen LogP contribution in [0.1, 0.15) is 10.7 Å². The molecule has 1 aromatic heterocycles. The number of thiazole rings is 1. The molecule has 0 aromatic carbocycles. The summed E-state index contributed by atoms with van der Waals surface area (Å²) in [5.74, 6) is -0.227. The second-order valence-electron chi connectivity index (χ2n) is 3.38. The Morgan fingerprint density at radius 1 is 1.60 bits per heavy atom. The fourth-order valence-electron chi connectivity index (χ4n) is 1.44. The summed E-state index contributed by atoms with van der Waals surface area (Å²) in [5, 5.41) is 5.24. The van der Waals surface area contributed by atoms with E-state index in [2.05, 4.69) is 10.3 Å². The van der Waals surface area contributed by atoms with Crippen molar-refractivity contribution >= 4 is 23.3 Å². The van der Waals surface area contributed by atoms with E-state index in [1.54, 1.807) is 11.3 Å². The Morgan fingerprint density at radius 2 is 2.40 bits per heavy atom. The summed E-state index contributed by atoms with van der Waals surface area (Å²) >= 11 is 1.59. The Bertz CT molecular complexity index is 402. The first-order valence-corrected chi connectivity index (χ1v) is 5.53. The predicted octanol–water partition coefficient (Wildman–Crippen LogP) is 0.546. The fraction of sp³-hybridized carbons (Fsp3) is 0.444. The second kappa shape index (κ2) is 3.98. The number of urea groups is 1. The molecule has 0 saturated carbocycles. The summed E-state index contributed by atoms with van der Waals surface area (Å²) in [6, 6.07) is -0.299. The first-order valence-electron chi connectivity index (χ1n) is 4.65. The largest absolute Gasteiger partial charge is 0.324 e. The molecule has 0 radical (unpaired) electrons. The van der Waals surface area contributed by atoms with Crippen molar-refractivity contribution in [2.24, 2.45) is 0 Å². The molecule has 1 saturated heterocycles. The summed E-state index contributed by atoms with van der Waals surface area (Å²) < 4.78 is 0. The lowest BCUT2D eigenvalue weighted by atomic mass is 10.3. The quantitative estimate of drug-likeness (QED) is 0.764. The Balaban J connectivity index is 1.88. The van der Waals surface area contributed by atoms with Crippen LogP contribution in [0.25, 0.3) is 0 Å². The van der Waals surface area contributed by atoms with Gasteiger partial charge in [-0.05, 0) is 6.92 Å². The third kappa shape index (κ3) is 2.33. The van der Waals surface area contributed by atoms with Crippen LogP contribution in [-0.4, -0.2) is 34.9 Å². The van der Waals surface area contributed by atoms with Crippen LogP contribution in [0.4, 0.5) is 4.79 Å². The average molecular weight is 225 g/mol. The number of imide groups is 1. The maximum atomic E-state index is 11.2. The van der Waals surface area contributed by atoms with Crippen LogP contribution in [0.5, 0.6) is 0 Å². The van der Waals surface area contributed by atoms with Crippen molar-refractivity contribution in [3.05, 3.63) is 16.1 Å². The Hall–Kier alpha value is -1.43. The molecular formula is C9H11N3O2S. The van der Waals surface area contributed by atoms with Crippen molar-refractivity contribution in [1.82, 2.24) is 15.2 Å². The molecule has 0 unspecified atom stereocenters. The third-order valence-electron chi connectivity index (χ3n) is 2.17. The number of nitrogens with one attached hydrogen (secondary N) is 1. The van der Waals surface area contributed by atoms with Gasteiger partial charge in [0.15, 0.2) is 0 Å². The molecule has 80 valence electrons. The summed E-state index contributed by atoms with van der Waals surface area (Å²) in [5.41, 5.74) is 0.977. The summed E-state index contributed by atoms with van der Waals surface area (Å²) in [4.78, 5) is 27.9. The lowest BCUT2D eigenvalue weighted by molar-refractivity contribution is -0.118. The topological polar surface area (TPSA) is 62.3 Å². The molecule has 6 heteroatoms. The van der Waals surface area contributed by atoms with Gasteiger partial charge in [0.2, 0.25) is 5.91 Å². The Morgan fingerprint density at radius 3 is 2.93 bits per heavy atom. The van der Waals surface area contributed by atoms with E-state index in [0.717, 1.165) is 10.7 Å². The van der Waals surface area contributed by atoms with Gasteiger partial charge in [0.1, 0.15) is 6.54 Å². The van der Waals surface area contributed by atoms with Crippen molar-refractivity contribution in [3.8, 4) is 0 Å². The van der Waals surface area contributed by atoms with E-state index in [9.17, 15) is 9.59 Å². The van der Waals surface area contributed by atoms with Gasteiger partial charge in [-0.25, -0.2) is 9.78 Å². The highest BCUT2D eigenvalue weighted by Crippen LogP contribution is 2.09. The number of amides is 3. The lowest BCUT2D eigenvalue weighted by Gasteiger charge is -2.11. The number of hydrogen-bond donors (Lipinski definition) is 1. The zero-order valence-electron chi connectivity index (χ0n) is 8.32. The minimum absolute atomic E-state index is 0.169. The normalized spacial score (nSPS) is 15.9. The van der Waals surface area contributed by atoms with Gasteiger partial charge < -0.3 is 4.90 Å². The lowest BCUT2D eigenvalue weighted by Crippen LogP contribution is -2.30. The first kappa shape index (κ1) is 10.1. The summed E-state index contributed by atoms with van der Waals surface area (Å²) in [6.45, 7) is 2.66. The Kier molecular flexibility index (Phi) is 2.68. The summed E-state index contributed by atoms with van der Waals surface area (Å²) in [7, 11) is 0. The van der Waals surface area contributed by atoms with E-state index in [0.29, 0.717) is 13.0 Å². The van der Waals surface area contributed by atoms with Crippen LogP contribution >= 0.6 is 11.3 Å². The molecule has 1 N–H and O–H groups in total. The van der Waals surface area contributed by atoms with Crippen molar-refractivity contribution in [1.29, 1.82) is 0 Å². The summed E-state index contributed by atoms with van der Waals surface area (Å²) in [6.07, 6.45) is 0.699. The van der Waals surface area contributed by atoms with Crippen molar-refractivity contribution < 1.29 is 9.59 Å². The second-order valence-corrected chi connectivity index (χ2v) is 4.44. The zero-order chi connectivity index (χ0) is 10.8. The van der Waals surface area contributed by atoms with Crippen LogP contribution in [-0.2, 0) is 11.2 Å². The molecule has 1 aliphatic heterocycles. The molecule has 0 aliphatic carbocycles. The van der Waals surface area contributed by atoms with Crippen LogP contribution in [0.15, 0.2) is 5.38 Å². The van der Waals surface area contributed by atoms with Crippen LogP contribution < -0.4 is 5.32 Å². The number of carbonyl (C=O) groups is 2. The maximum absolute atomic E-state index is 11.2. The highest BCUT2D eigenvalue weighted by Gasteiger charge is 2.25. The van der Waals surface area contributed by atoms with Crippen molar-refractivity contribution in [2.45, 2.75) is 13.3 Å². The van der Waals surface area contributed by atoms with Gasteiger partial charge in [-0.1, -0.05) is 0 Å². The molecule has 0 spiro atoms. The maximum Gasteiger partial charge on any atom is 0.324 e. The Labute approximate surface area is 91.1 Å². The van der Waals surface area contributed by atoms with E-state index >= 15 is 0 Å². The molecule has 15 heavy (non-hydrogen) atoms. The van der Waals surface area contributed by atoms with E-state index in [1.165, 1.54) is 4.90 Å². The van der Waals surface area contributed by atoms with E-state index in [-0.39, 0.29) is 18.5 Å². The van der Waals surface area contributed by atoms with E-state index < -0.39 is 0 Å². The van der Waals surface area contributed by atoms with Gasteiger partial charge >= 0.3 is 6.03 Å². The van der Waals surface area contributed by atoms with Gasteiger partial charge in [-0.3, -0.25) is 10.1 Å².